The molecule has 1 atom stereocenters. The van der Waals surface area contributed by atoms with Crippen molar-refractivity contribution in [2.75, 3.05) is 11.5 Å². The third-order valence-corrected chi connectivity index (χ3v) is 5.88. The highest BCUT2D eigenvalue weighted by Gasteiger charge is 2.36. The number of hydrogen-bond acceptors (Lipinski definition) is 3. The van der Waals surface area contributed by atoms with E-state index in [9.17, 15) is 5.11 Å². The number of hydrogen-bond donors (Lipinski definition) is 1. The van der Waals surface area contributed by atoms with Crippen LogP contribution < -0.4 is 0 Å². The molecular formula is C10H16OS2. The van der Waals surface area contributed by atoms with E-state index in [0.29, 0.717) is 4.58 Å². The summed E-state index contributed by atoms with van der Waals surface area (Å²) in [6.07, 6.45) is 8.71. The molecule has 1 aliphatic carbocycles. The number of thioether (sulfide) groups is 2. The van der Waals surface area contributed by atoms with Crippen molar-refractivity contribution in [1.82, 2.24) is 0 Å². The fraction of sp³-hybridized carbons (Fsp3) is 0.800. The number of allylic oxidation sites excluding steroid dienone is 1. The predicted molar refractivity (Wildman–Crippen MR) is 61.3 cm³/mol. The van der Waals surface area contributed by atoms with Crippen LogP contribution >= 0.6 is 23.5 Å². The van der Waals surface area contributed by atoms with Gasteiger partial charge in [-0.15, -0.1) is 23.5 Å². The maximum atomic E-state index is 10.4. The van der Waals surface area contributed by atoms with Crippen LogP contribution in [0, 0.1) is 0 Å². The Morgan fingerprint density at radius 1 is 1.23 bits per heavy atom. The molecule has 2 aliphatic rings. The third-order valence-electron chi connectivity index (χ3n) is 2.59. The minimum Gasteiger partial charge on any atom is -0.384 e. The van der Waals surface area contributed by atoms with Gasteiger partial charge in [-0.1, -0.05) is 12.2 Å². The van der Waals surface area contributed by atoms with E-state index in [4.69, 9.17) is 0 Å². The Kier molecular flexibility index (Phi) is 3.27. The average molecular weight is 216 g/mol. The van der Waals surface area contributed by atoms with Gasteiger partial charge in [-0.3, -0.25) is 0 Å². The summed E-state index contributed by atoms with van der Waals surface area (Å²) in [5.74, 6) is 2.43. The molecular weight excluding hydrogens is 200 g/mol. The highest BCUT2D eigenvalue weighted by atomic mass is 32.2. The molecule has 0 amide bonds. The maximum absolute atomic E-state index is 10.4. The second-order valence-corrected chi connectivity index (χ2v) is 6.44. The smallest absolute Gasteiger partial charge is 0.104 e. The minimum absolute atomic E-state index is 0.387. The molecule has 0 aromatic carbocycles. The van der Waals surface area contributed by atoms with Crippen molar-refractivity contribution in [3.63, 3.8) is 0 Å². The highest BCUT2D eigenvalue weighted by Crippen LogP contribution is 2.42. The van der Waals surface area contributed by atoms with E-state index >= 15 is 0 Å². The van der Waals surface area contributed by atoms with E-state index in [0.717, 1.165) is 19.3 Å². The molecule has 1 N–H and O–H groups in total. The van der Waals surface area contributed by atoms with Crippen molar-refractivity contribution >= 4 is 23.5 Å². The lowest BCUT2D eigenvalue weighted by atomic mass is 9.93. The van der Waals surface area contributed by atoms with Crippen LogP contribution in [0.1, 0.15) is 25.7 Å². The third kappa shape index (κ3) is 2.25. The lowest BCUT2D eigenvalue weighted by Gasteiger charge is -2.36. The van der Waals surface area contributed by atoms with Crippen LogP contribution in [0.5, 0.6) is 0 Å². The van der Waals surface area contributed by atoms with E-state index in [1.54, 1.807) is 0 Å². The van der Waals surface area contributed by atoms with Gasteiger partial charge in [0.1, 0.15) is 5.60 Å². The predicted octanol–water partition coefficient (Wildman–Crippen LogP) is 2.65. The topological polar surface area (TPSA) is 20.2 Å². The van der Waals surface area contributed by atoms with Crippen LogP contribution in [0.4, 0.5) is 0 Å². The molecule has 2 rings (SSSR count). The summed E-state index contributed by atoms with van der Waals surface area (Å²) < 4.78 is 0.387. The second kappa shape index (κ2) is 4.28. The zero-order valence-corrected chi connectivity index (χ0v) is 9.37. The molecule has 0 aromatic rings. The molecule has 1 aliphatic heterocycles. The average Bonchev–Trinajstić information content (AvgIpc) is 2.20. The van der Waals surface area contributed by atoms with Crippen molar-refractivity contribution in [3.05, 3.63) is 12.2 Å². The molecule has 0 radical (unpaired) electrons. The van der Waals surface area contributed by atoms with Crippen LogP contribution in [0.15, 0.2) is 12.2 Å². The van der Waals surface area contributed by atoms with Gasteiger partial charge in [0, 0.05) is 0 Å². The van der Waals surface area contributed by atoms with Gasteiger partial charge in [-0.25, -0.2) is 0 Å². The Morgan fingerprint density at radius 2 is 2.00 bits per heavy atom. The number of rotatable bonds is 1. The van der Waals surface area contributed by atoms with E-state index in [-0.39, 0.29) is 0 Å². The van der Waals surface area contributed by atoms with Crippen molar-refractivity contribution in [1.29, 1.82) is 0 Å². The molecule has 74 valence electrons. The van der Waals surface area contributed by atoms with E-state index in [1.165, 1.54) is 17.9 Å². The van der Waals surface area contributed by atoms with E-state index in [1.807, 2.05) is 29.6 Å². The van der Waals surface area contributed by atoms with Crippen molar-refractivity contribution in [2.45, 2.75) is 35.9 Å². The van der Waals surface area contributed by atoms with Crippen LogP contribution in [-0.4, -0.2) is 26.8 Å². The highest BCUT2D eigenvalue weighted by molar-refractivity contribution is 8.17. The largest absolute Gasteiger partial charge is 0.384 e. The maximum Gasteiger partial charge on any atom is 0.104 e. The zero-order valence-electron chi connectivity index (χ0n) is 7.74. The van der Waals surface area contributed by atoms with Gasteiger partial charge in [0.15, 0.2) is 0 Å². The fourth-order valence-electron chi connectivity index (χ4n) is 1.85. The summed E-state index contributed by atoms with van der Waals surface area (Å²) in [7, 11) is 0. The summed E-state index contributed by atoms with van der Waals surface area (Å²) in [6.45, 7) is 0. The Bertz CT molecular complexity index is 199. The normalized spacial score (nSPS) is 36.4. The van der Waals surface area contributed by atoms with Gasteiger partial charge in [-0.05, 0) is 37.2 Å². The molecule has 0 bridgehead atoms. The summed E-state index contributed by atoms with van der Waals surface area (Å²) in [5.41, 5.74) is -0.506. The molecule has 1 heterocycles. The lowest BCUT2D eigenvalue weighted by molar-refractivity contribution is 0.0918. The summed E-state index contributed by atoms with van der Waals surface area (Å²) in [4.78, 5) is 0. The minimum atomic E-state index is -0.506. The van der Waals surface area contributed by atoms with Crippen molar-refractivity contribution < 1.29 is 5.11 Å². The quantitative estimate of drug-likeness (QED) is 0.681. The van der Waals surface area contributed by atoms with Gasteiger partial charge < -0.3 is 5.11 Å². The van der Waals surface area contributed by atoms with Gasteiger partial charge in [0.25, 0.3) is 0 Å². The Morgan fingerprint density at radius 3 is 2.62 bits per heavy atom. The SMILES string of the molecule is OC1(C2SCCCS2)C=CCCC1. The van der Waals surface area contributed by atoms with Gasteiger partial charge in [-0.2, -0.15) is 0 Å². The second-order valence-electron chi connectivity index (χ2n) is 3.71. The first-order valence-electron chi connectivity index (χ1n) is 4.94. The molecule has 0 spiro atoms. The molecule has 1 fully saturated rings. The Labute approximate surface area is 88.4 Å². The van der Waals surface area contributed by atoms with Gasteiger partial charge >= 0.3 is 0 Å². The van der Waals surface area contributed by atoms with Crippen LogP contribution in [0.2, 0.25) is 0 Å². The summed E-state index contributed by atoms with van der Waals surface area (Å²) in [6, 6.07) is 0. The first-order valence-corrected chi connectivity index (χ1v) is 7.04. The first kappa shape index (κ1) is 9.94. The lowest BCUT2D eigenvalue weighted by Crippen LogP contribution is -2.39. The summed E-state index contributed by atoms with van der Waals surface area (Å²) in [5, 5.41) is 10.4. The van der Waals surface area contributed by atoms with Crippen molar-refractivity contribution in [3.8, 4) is 0 Å². The zero-order chi connectivity index (χ0) is 9.15. The molecule has 0 saturated carbocycles. The standard InChI is InChI=1S/C10H16OS2/c11-10(5-2-1-3-6-10)9-12-7-4-8-13-9/h2,5,9,11H,1,3-4,6-8H2. The first-order chi connectivity index (χ1) is 6.31. The molecule has 13 heavy (non-hydrogen) atoms. The van der Waals surface area contributed by atoms with Crippen LogP contribution in [0.25, 0.3) is 0 Å². The fourth-order valence-corrected chi connectivity index (χ4v) is 5.01. The van der Waals surface area contributed by atoms with Gasteiger partial charge in [0.2, 0.25) is 0 Å². The molecule has 0 aromatic heterocycles. The van der Waals surface area contributed by atoms with Crippen LogP contribution in [0.3, 0.4) is 0 Å². The molecule has 1 unspecified atom stereocenters. The van der Waals surface area contributed by atoms with Gasteiger partial charge in [0.05, 0.1) is 4.58 Å². The molecule has 1 saturated heterocycles. The van der Waals surface area contributed by atoms with Crippen LogP contribution in [-0.2, 0) is 0 Å². The van der Waals surface area contributed by atoms with Crippen molar-refractivity contribution in [2.24, 2.45) is 0 Å². The molecule has 1 nitrogen and oxygen atoms in total. The van der Waals surface area contributed by atoms with E-state index < -0.39 is 5.60 Å². The monoisotopic (exact) mass is 216 g/mol. The van der Waals surface area contributed by atoms with E-state index in [2.05, 4.69) is 6.08 Å². The Hall–Kier alpha value is 0.400. The molecule has 3 heteroatoms. The Balaban J connectivity index is 2.03. The number of aliphatic hydroxyl groups is 1. The summed E-state index contributed by atoms with van der Waals surface area (Å²) >= 11 is 3.86.